The van der Waals surface area contributed by atoms with Crippen molar-refractivity contribution < 1.29 is 50.2 Å². The highest BCUT2D eigenvalue weighted by molar-refractivity contribution is 5.72. The number of carbonyl (C=O) groups excluding carboxylic acids is 1. The molecule has 0 heterocycles. The molecule has 0 unspecified atom stereocenters. The maximum Gasteiger partial charge on any atom is 0.422 e. The van der Waals surface area contributed by atoms with Crippen LogP contribution in [0.2, 0.25) is 0 Å². The summed E-state index contributed by atoms with van der Waals surface area (Å²) in [4.78, 5) is 18.7. The third kappa shape index (κ3) is 14.5. The van der Waals surface area contributed by atoms with Gasteiger partial charge in [0, 0.05) is 0 Å². The number of aliphatic carboxylic acids is 1. The van der Waals surface area contributed by atoms with E-state index in [1.165, 1.54) is 0 Å². The van der Waals surface area contributed by atoms with Gasteiger partial charge in [-0.3, -0.25) is 0 Å². The number of hydrogen-bond acceptors (Lipinski definition) is 3. The fraction of sp³-hybridized carbons (Fsp3) is 0.667. The number of hydrogen-bond donors (Lipinski definition) is 1. The first-order valence-corrected chi connectivity index (χ1v) is 3.50. The third-order valence-corrected chi connectivity index (χ3v) is 0.743. The average Bonchev–Trinajstić information content (AvgIpc) is 2.13. The molecule has 0 saturated carbocycles. The maximum atomic E-state index is 11.2. The molecule has 1 N–H and O–H groups in total. The van der Waals surface area contributed by atoms with Gasteiger partial charge in [0.05, 0.1) is 0 Å². The lowest BCUT2D eigenvalue weighted by molar-refractivity contribution is -0.193. The van der Waals surface area contributed by atoms with Crippen LogP contribution >= 0.6 is 0 Å². The van der Waals surface area contributed by atoms with Gasteiger partial charge in [0.1, 0.15) is 0 Å². The summed E-state index contributed by atoms with van der Waals surface area (Å²) in [6.45, 7) is -1.98. The van der Waals surface area contributed by atoms with Gasteiger partial charge in [0.15, 0.2) is 6.61 Å². The minimum Gasteiger partial charge on any atom is -0.477 e. The molecule has 0 atom stereocenters. The molecule has 0 aromatic carbocycles. The van der Waals surface area contributed by atoms with Crippen molar-refractivity contribution in [2.75, 3.05) is 6.61 Å². The Morgan fingerprint density at radius 3 is 1.59 bits per heavy atom. The topological polar surface area (TPSA) is 63.6 Å². The zero-order valence-corrected chi connectivity index (χ0v) is 7.68. The van der Waals surface area contributed by atoms with Gasteiger partial charge < -0.3 is 9.84 Å². The number of carbonyl (C=O) groups is 2. The molecule has 4 nitrogen and oxygen atoms in total. The fourth-order valence-corrected chi connectivity index (χ4v) is 0.216. The van der Waals surface area contributed by atoms with Crippen molar-refractivity contribution in [2.45, 2.75) is 19.0 Å². The van der Waals surface area contributed by atoms with Crippen molar-refractivity contribution in [1.82, 2.24) is 0 Å². The summed E-state index contributed by atoms with van der Waals surface area (Å²) in [5.74, 6) is -4.24. The van der Waals surface area contributed by atoms with E-state index in [4.69, 9.17) is 9.90 Å². The zero-order chi connectivity index (χ0) is 14.2. The Morgan fingerprint density at radius 2 is 1.41 bits per heavy atom. The molecule has 0 bridgehead atoms. The van der Waals surface area contributed by atoms with E-state index in [1.807, 2.05) is 0 Å². The monoisotopic (exact) mass is 274 g/mol. The molecule has 0 fully saturated rings. The smallest absolute Gasteiger partial charge is 0.422 e. The highest BCUT2D eigenvalue weighted by Gasteiger charge is 2.31. The Kier molecular flexibility index (Phi) is 8.06. The van der Waals surface area contributed by atoms with Crippen LogP contribution in [0.5, 0.6) is 0 Å². The normalized spacial score (nSPS) is 10.9. The Labute approximate surface area is 89.0 Å². The molecular weight excluding hydrogens is 269 g/mol. The van der Waals surface area contributed by atoms with E-state index in [-0.39, 0.29) is 0 Å². The van der Waals surface area contributed by atoms with Crippen molar-refractivity contribution >= 4 is 11.9 Å². The zero-order valence-electron chi connectivity index (χ0n) is 7.68. The summed E-state index contributed by atoms with van der Waals surface area (Å²) in [5.41, 5.74) is 0. The Morgan fingerprint density at radius 1 is 1.06 bits per heavy atom. The van der Waals surface area contributed by atoms with Gasteiger partial charge in [0.25, 0.3) is 0 Å². The first-order valence-electron chi connectivity index (χ1n) is 3.50. The first-order chi connectivity index (χ1) is 7.47. The van der Waals surface area contributed by atoms with Crippen LogP contribution in [-0.4, -0.2) is 42.7 Å². The van der Waals surface area contributed by atoms with E-state index < -0.39 is 37.6 Å². The van der Waals surface area contributed by atoms with Gasteiger partial charge in [-0.1, -0.05) is 0 Å². The maximum absolute atomic E-state index is 11.2. The Hall–Kier alpha value is -1.55. The lowest BCUT2D eigenvalue weighted by Gasteiger charge is -2.06. The minimum absolute atomic E-state index is 1.98. The lowest BCUT2D eigenvalue weighted by Crippen LogP contribution is -2.23. The van der Waals surface area contributed by atoms with Crippen LogP contribution in [0, 0.1) is 0 Å². The van der Waals surface area contributed by atoms with Gasteiger partial charge in [-0.25, -0.2) is 9.59 Å². The molecule has 0 spiro atoms. The molecule has 11 heteroatoms. The SMILES string of the molecule is O=C(O)C(F)F.O=C(OCC(F)(F)F)C(F)F. The number of carboxylic acid groups (broad SMARTS) is 1. The van der Waals surface area contributed by atoms with Crippen LogP contribution in [0.4, 0.5) is 30.7 Å². The third-order valence-electron chi connectivity index (χ3n) is 0.743. The lowest BCUT2D eigenvalue weighted by atomic mass is 10.6. The van der Waals surface area contributed by atoms with E-state index in [0.29, 0.717) is 0 Å². The van der Waals surface area contributed by atoms with Crippen molar-refractivity contribution in [2.24, 2.45) is 0 Å². The standard InChI is InChI=1S/C4H3F5O2.C2H2F2O2/c5-2(6)3(10)11-1-4(7,8)9;3-1(4)2(5)6/h2H,1H2;1H,(H,5,6). The number of halogens is 7. The summed E-state index contributed by atoms with van der Waals surface area (Å²) in [6, 6.07) is 0. The summed E-state index contributed by atoms with van der Waals surface area (Å²) in [5, 5.41) is 7.24. The van der Waals surface area contributed by atoms with Gasteiger partial charge in [-0.05, 0) is 0 Å². The van der Waals surface area contributed by atoms with Crippen molar-refractivity contribution in [3.8, 4) is 0 Å². The van der Waals surface area contributed by atoms with Crippen LogP contribution in [0.1, 0.15) is 0 Å². The highest BCUT2D eigenvalue weighted by Crippen LogP contribution is 2.15. The predicted molar refractivity (Wildman–Crippen MR) is 36.7 cm³/mol. The molecule has 0 amide bonds. The second-order valence-electron chi connectivity index (χ2n) is 2.16. The first kappa shape index (κ1) is 17.8. The molecule has 0 saturated heterocycles. The van der Waals surface area contributed by atoms with Crippen molar-refractivity contribution in [1.29, 1.82) is 0 Å². The number of alkyl halides is 7. The Bertz CT molecular complexity index is 249. The molecule has 0 aliphatic rings. The van der Waals surface area contributed by atoms with Gasteiger partial charge in [0.2, 0.25) is 0 Å². The highest BCUT2D eigenvalue weighted by atomic mass is 19.4. The number of rotatable bonds is 3. The summed E-state index contributed by atoms with van der Waals surface area (Å²) in [7, 11) is 0. The van der Waals surface area contributed by atoms with Gasteiger partial charge >= 0.3 is 31.0 Å². The molecule has 0 aromatic rings. The molecule has 102 valence electrons. The van der Waals surface area contributed by atoms with Crippen LogP contribution in [0.25, 0.3) is 0 Å². The predicted octanol–water partition coefficient (Wildman–Crippen LogP) is 1.69. The van der Waals surface area contributed by atoms with E-state index >= 15 is 0 Å². The molecule has 0 radical (unpaired) electrons. The van der Waals surface area contributed by atoms with Gasteiger partial charge in [-0.15, -0.1) is 0 Å². The number of ether oxygens (including phenoxy) is 1. The van der Waals surface area contributed by atoms with Crippen LogP contribution in [0.15, 0.2) is 0 Å². The molecule has 0 aliphatic carbocycles. The minimum atomic E-state index is -4.76. The molecule has 0 aromatic heterocycles. The van der Waals surface area contributed by atoms with E-state index in [9.17, 15) is 35.5 Å². The molecular formula is C6H5F7O4. The Balaban J connectivity index is 0. The average molecular weight is 274 g/mol. The quantitative estimate of drug-likeness (QED) is 0.628. The summed E-state index contributed by atoms with van der Waals surface area (Å²) in [6.07, 6.45) is -11.5. The van der Waals surface area contributed by atoms with E-state index in [1.54, 1.807) is 0 Å². The molecule has 0 aliphatic heterocycles. The van der Waals surface area contributed by atoms with E-state index in [0.717, 1.165) is 0 Å². The van der Waals surface area contributed by atoms with Crippen molar-refractivity contribution in [3.05, 3.63) is 0 Å². The van der Waals surface area contributed by atoms with Crippen LogP contribution < -0.4 is 0 Å². The molecule has 17 heavy (non-hydrogen) atoms. The summed E-state index contributed by atoms with van der Waals surface area (Å²) < 4.78 is 80.1. The van der Waals surface area contributed by atoms with Crippen LogP contribution in [0.3, 0.4) is 0 Å². The van der Waals surface area contributed by atoms with E-state index in [2.05, 4.69) is 4.74 Å². The fourth-order valence-electron chi connectivity index (χ4n) is 0.216. The summed E-state index contributed by atoms with van der Waals surface area (Å²) >= 11 is 0. The second-order valence-corrected chi connectivity index (χ2v) is 2.16. The van der Waals surface area contributed by atoms with Crippen LogP contribution in [-0.2, 0) is 14.3 Å². The van der Waals surface area contributed by atoms with Gasteiger partial charge in [-0.2, -0.15) is 30.7 Å². The number of carboxylic acids is 1. The second kappa shape index (κ2) is 7.68. The van der Waals surface area contributed by atoms with Crippen molar-refractivity contribution in [3.63, 3.8) is 0 Å². The number of esters is 1. The molecule has 0 rings (SSSR count). The largest absolute Gasteiger partial charge is 0.477 e.